The van der Waals surface area contributed by atoms with E-state index in [4.69, 9.17) is 4.74 Å². The van der Waals surface area contributed by atoms with Crippen LogP contribution < -0.4 is 4.74 Å². The highest BCUT2D eigenvalue weighted by atomic mass is 16.5. The number of aliphatic hydroxyl groups excluding tert-OH is 1. The summed E-state index contributed by atoms with van der Waals surface area (Å²) < 4.78 is 5.48. The molecule has 0 radical (unpaired) electrons. The number of likely N-dealkylation sites (tertiary alicyclic amines) is 1. The van der Waals surface area contributed by atoms with Gasteiger partial charge in [-0.15, -0.1) is 0 Å². The molecule has 0 aromatic heterocycles. The second kappa shape index (κ2) is 6.72. The normalized spacial score (nSPS) is 22.3. The first-order valence-corrected chi connectivity index (χ1v) is 6.86. The number of likely N-dealkylation sites (N-methyl/N-ethyl adjacent to an activating group) is 1. The van der Waals surface area contributed by atoms with Gasteiger partial charge in [0.05, 0.1) is 6.10 Å². The summed E-state index contributed by atoms with van der Waals surface area (Å²) in [7, 11) is 3.93. The molecule has 2 atom stereocenters. The summed E-state index contributed by atoms with van der Waals surface area (Å²) in [6, 6.07) is 9.35. The van der Waals surface area contributed by atoms with Gasteiger partial charge in [-0.05, 0) is 32.6 Å². The lowest BCUT2D eigenvalue weighted by molar-refractivity contribution is -0.134. The first kappa shape index (κ1) is 14.8. The number of carbonyl (C=O) groups is 1. The van der Waals surface area contributed by atoms with E-state index in [0.717, 1.165) is 6.54 Å². The third kappa shape index (κ3) is 3.95. The lowest BCUT2D eigenvalue weighted by Crippen LogP contribution is -2.43. The van der Waals surface area contributed by atoms with Crippen LogP contribution in [0.2, 0.25) is 0 Å². The number of benzene rings is 1. The van der Waals surface area contributed by atoms with E-state index in [2.05, 4.69) is 0 Å². The number of carbonyl (C=O) groups excluding carboxylic acids is 1. The smallest absolute Gasteiger partial charge is 0.260 e. The van der Waals surface area contributed by atoms with Crippen molar-refractivity contribution < 1.29 is 14.6 Å². The average Bonchev–Trinajstić information content (AvgIpc) is 2.77. The molecule has 5 heteroatoms. The van der Waals surface area contributed by atoms with E-state index in [1.165, 1.54) is 0 Å². The molecule has 1 saturated heterocycles. The number of ether oxygens (including phenoxy) is 1. The monoisotopic (exact) mass is 278 g/mol. The van der Waals surface area contributed by atoms with E-state index < -0.39 is 6.10 Å². The molecular weight excluding hydrogens is 256 g/mol. The van der Waals surface area contributed by atoms with Crippen molar-refractivity contribution in [3.63, 3.8) is 0 Å². The maximum absolute atomic E-state index is 12.2. The van der Waals surface area contributed by atoms with Gasteiger partial charge < -0.3 is 19.6 Å². The number of nitrogens with zero attached hydrogens (tertiary/aromatic N) is 2. The summed E-state index contributed by atoms with van der Waals surface area (Å²) in [5.74, 6) is 0.613. The number of rotatable bonds is 5. The Morgan fingerprint density at radius 1 is 1.40 bits per heavy atom. The van der Waals surface area contributed by atoms with E-state index >= 15 is 0 Å². The van der Waals surface area contributed by atoms with Crippen LogP contribution in [-0.2, 0) is 4.79 Å². The Kier molecular flexibility index (Phi) is 4.98. The maximum atomic E-state index is 12.2. The fraction of sp³-hybridized carbons (Fsp3) is 0.533. The molecule has 2 rings (SSSR count). The quantitative estimate of drug-likeness (QED) is 0.856. The molecule has 0 saturated carbocycles. The maximum Gasteiger partial charge on any atom is 0.260 e. The summed E-state index contributed by atoms with van der Waals surface area (Å²) >= 11 is 0. The van der Waals surface area contributed by atoms with Crippen molar-refractivity contribution in [3.05, 3.63) is 30.3 Å². The van der Waals surface area contributed by atoms with Crippen molar-refractivity contribution >= 4 is 5.91 Å². The minimum absolute atomic E-state index is 0.0145. The Bertz CT molecular complexity index is 436. The Morgan fingerprint density at radius 3 is 2.75 bits per heavy atom. The summed E-state index contributed by atoms with van der Waals surface area (Å²) in [4.78, 5) is 16.0. The van der Waals surface area contributed by atoms with Gasteiger partial charge in [0.15, 0.2) is 6.61 Å². The van der Waals surface area contributed by atoms with Gasteiger partial charge in [-0.1, -0.05) is 18.2 Å². The zero-order valence-corrected chi connectivity index (χ0v) is 12.0. The van der Waals surface area contributed by atoms with E-state index in [1.807, 2.05) is 49.3 Å². The van der Waals surface area contributed by atoms with Crippen molar-refractivity contribution in [3.8, 4) is 5.75 Å². The van der Waals surface area contributed by atoms with Crippen LogP contribution in [0.4, 0.5) is 0 Å². The number of aliphatic hydroxyl groups is 1. The van der Waals surface area contributed by atoms with Crippen LogP contribution in [0.15, 0.2) is 30.3 Å². The molecule has 1 aliphatic heterocycles. The largest absolute Gasteiger partial charge is 0.484 e. The molecule has 1 fully saturated rings. The standard InChI is InChI=1S/C15H22N2O3/c1-16(2)9-12-8-13(18)10-17(12)15(19)11-20-14-6-4-3-5-7-14/h3-7,12-13,18H,8-11H2,1-2H3. The van der Waals surface area contributed by atoms with Crippen LogP contribution in [0.1, 0.15) is 6.42 Å². The molecule has 1 aromatic rings. The summed E-state index contributed by atoms with van der Waals surface area (Å²) in [6.45, 7) is 1.17. The van der Waals surface area contributed by atoms with Crippen LogP contribution in [0, 0.1) is 0 Å². The van der Waals surface area contributed by atoms with Crippen molar-refractivity contribution in [1.82, 2.24) is 9.80 Å². The number of hydrogen-bond acceptors (Lipinski definition) is 4. The van der Waals surface area contributed by atoms with E-state index in [-0.39, 0.29) is 18.6 Å². The fourth-order valence-corrected chi connectivity index (χ4v) is 2.54. The van der Waals surface area contributed by atoms with Crippen molar-refractivity contribution in [2.24, 2.45) is 0 Å². The highest BCUT2D eigenvalue weighted by Crippen LogP contribution is 2.19. The Morgan fingerprint density at radius 2 is 2.10 bits per heavy atom. The van der Waals surface area contributed by atoms with Crippen LogP contribution >= 0.6 is 0 Å². The second-order valence-electron chi connectivity index (χ2n) is 5.45. The Hall–Kier alpha value is -1.59. The third-order valence-corrected chi connectivity index (χ3v) is 3.39. The summed E-state index contributed by atoms with van der Waals surface area (Å²) in [5, 5.41) is 9.76. The van der Waals surface area contributed by atoms with Crippen LogP contribution in [0.5, 0.6) is 5.75 Å². The van der Waals surface area contributed by atoms with Gasteiger partial charge in [0.1, 0.15) is 5.75 Å². The predicted octanol–water partition coefficient (Wildman–Crippen LogP) is 0.589. The van der Waals surface area contributed by atoms with Gasteiger partial charge in [-0.3, -0.25) is 4.79 Å². The van der Waals surface area contributed by atoms with E-state index in [9.17, 15) is 9.90 Å². The molecule has 110 valence electrons. The second-order valence-corrected chi connectivity index (χ2v) is 5.45. The molecule has 5 nitrogen and oxygen atoms in total. The fourth-order valence-electron chi connectivity index (χ4n) is 2.54. The first-order chi connectivity index (χ1) is 9.56. The molecule has 20 heavy (non-hydrogen) atoms. The molecule has 1 amide bonds. The minimum atomic E-state index is -0.430. The summed E-state index contributed by atoms with van der Waals surface area (Å²) in [5.41, 5.74) is 0. The van der Waals surface area contributed by atoms with Crippen molar-refractivity contribution in [2.75, 3.05) is 33.8 Å². The van der Waals surface area contributed by atoms with Gasteiger partial charge in [0.2, 0.25) is 0 Å². The third-order valence-electron chi connectivity index (χ3n) is 3.39. The molecule has 1 heterocycles. The van der Waals surface area contributed by atoms with E-state index in [1.54, 1.807) is 4.90 Å². The van der Waals surface area contributed by atoms with Crippen LogP contribution in [-0.4, -0.2) is 66.8 Å². The number of para-hydroxylation sites is 1. The molecular formula is C15H22N2O3. The van der Waals surface area contributed by atoms with Crippen LogP contribution in [0.3, 0.4) is 0 Å². The lowest BCUT2D eigenvalue weighted by Gasteiger charge is -2.26. The zero-order chi connectivity index (χ0) is 14.5. The molecule has 1 aliphatic rings. The number of amides is 1. The van der Waals surface area contributed by atoms with Gasteiger partial charge >= 0.3 is 0 Å². The first-order valence-electron chi connectivity index (χ1n) is 6.86. The van der Waals surface area contributed by atoms with E-state index in [0.29, 0.717) is 18.7 Å². The molecule has 0 spiro atoms. The highest BCUT2D eigenvalue weighted by molar-refractivity contribution is 5.78. The Balaban J connectivity index is 1.90. The van der Waals surface area contributed by atoms with Gasteiger partial charge in [-0.2, -0.15) is 0 Å². The molecule has 2 unspecified atom stereocenters. The predicted molar refractivity (Wildman–Crippen MR) is 76.6 cm³/mol. The number of β-amino-alcohol motifs (C(OH)–C–C–N with tert-alkyl or cyclic N) is 1. The minimum Gasteiger partial charge on any atom is -0.484 e. The zero-order valence-electron chi connectivity index (χ0n) is 12.0. The topological polar surface area (TPSA) is 53.0 Å². The Labute approximate surface area is 119 Å². The van der Waals surface area contributed by atoms with Crippen molar-refractivity contribution in [2.45, 2.75) is 18.6 Å². The van der Waals surface area contributed by atoms with Gasteiger partial charge in [0, 0.05) is 19.1 Å². The van der Waals surface area contributed by atoms with Crippen molar-refractivity contribution in [1.29, 1.82) is 0 Å². The summed E-state index contributed by atoms with van der Waals surface area (Å²) in [6.07, 6.45) is 0.204. The lowest BCUT2D eigenvalue weighted by atomic mass is 10.2. The SMILES string of the molecule is CN(C)CC1CC(O)CN1C(=O)COc1ccccc1. The molecule has 0 bridgehead atoms. The molecule has 1 N–H and O–H groups in total. The number of hydrogen-bond donors (Lipinski definition) is 1. The van der Waals surface area contributed by atoms with Gasteiger partial charge in [0.25, 0.3) is 5.91 Å². The average molecular weight is 278 g/mol. The molecule has 1 aromatic carbocycles. The highest BCUT2D eigenvalue weighted by Gasteiger charge is 2.34. The molecule has 0 aliphatic carbocycles. The van der Waals surface area contributed by atoms with Gasteiger partial charge in [-0.25, -0.2) is 0 Å². The van der Waals surface area contributed by atoms with Crippen LogP contribution in [0.25, 0.3) is 0 Å².